The summed E-state index contributed by atoms with van der Waals surface area (Å²) in [6.45, 7) is 5.45. The number of nitrogens with two attached hydrogens (primary N) is 1. The van der Waals surface area contributed by atoms with E-state index < -0.39 is 0 Å². The first kappa shape index (κ1) is 13.3. The van der Waals surface area contributed by atoms with E-state index in [2.05, 4.69) is 25.0 Å². The first-order chi connectivity index (χ1) is 8.65. The van der Waals surface area contributed by atoms with Gasteiger partial charge in [0.25, 0.3) is 0 Å². The van der Waals surface area contributed by atoms with Gasteiger partial charge in [0.05, 0.1) is 5.69 Å². The van der Waals surface area contributed by atoms with Crippen molar-refractivity contribution in [2.75, 3.05) is 6.54 Å². The van der Waals surface area contributed by atoms with E-state index in [9.17, 15) is 4.79 Å². The summed E-state index contributed by atoms with van der Waals surface area (Å²) in [6.07, 6.45) is 4.46. The molecule has 1 aliphatic rings. The molecule has 0 bridgehead atoms. The van der Waals surface area contributed by atoms with Crippen molar-refractivity contribution in [3.63, 3.8) is 0 Å². The lowest BCUT2D eigenvalue weighted by Gasteiger charge is -2.39. The maximum Gasteiger partial charge on any atom is 0.146 e. The second kappa shape index (κ2) is 5.22. The Balaban J connectivity index is 2.13. The van der Waals surface area contributed by atoms with E-state index >= 15 is 0 Å². The summed E-state index contributed by atoms with van der Waals surface area (Å²) in [5.41, 5.74) is 7.66. The van der Waals surface area contributed by atoms with Crippen molar-refractivity contribution in [3.05, 3.63) is 17.5 Å². The summed E-state index contributed by atoms with van der Waals surface area (Å²) < 4.78 is 1.94. The zero-order valence-corrected chi connectivity index (χ0v) is 11.4. The van der Waals surface area contributed by atoms with Crippen molar-refractivity contribution in [2.45, 2.75) is 52.5 Å². The second-order valence-electron chi connectivity index (χ2n) is 5.23. The third-order valence-corrected chi connectivity index (χ3v) is 4.21. The maximum absolute atomic E-state index is 12.4. The van der Waals surface area contributed by atoms with Crippen LogP contribution in [0.5, 0.6) is 0 Å². The molecule has 2 rings (SSSR count). The molecule has 0 aromatic carbocycles. The Labute approximate surface area is 109 Å². The number of Topliss-reactive ketones (excluding diaryl/α,β-unsaturated/α-hetero) is 1. The summed E-state index contributed by atoms with van der Waals surface area (Å²) in [5, 5.41) is 4.49. The molecule has 1 fully saturated rings. The molecule has 0 atom stereocenters. The monoisotopic (exact) mass is 249 g/mol. The highest BCUT2D eigenvalue weighted by Gasteiger charge is 2.42. The second-order valence-corrected chi connectivity index (χ2v) is 5.23. The highest BCUT2D eigenvalue weighted by atomic mass is 16.1. The van der Waals surface area contributed by atoms with Gasteiger partial charge in [0.1, 0.15) is 5.78 Å². The standard InChI is InChI=1S/C14H23N3O/c1-3-11-8-12(17(4-2)16-11)9-13(18)14(10-15)6-5-7-14/h8H,3-7,9-10,15H2,1-2H3. The lowest BCUT2D eigenvalue weighted by molar-refractivity contribution is -0.132. The Kier molecular flexibility index (Phi) is 3.85. The molecule has 0 amide bonds. The highest BCUT2D eigenvalue weighted by Crippen LogP contribution is 2.41. The van der Waals surface area contributed by atoms with Crippen molar-refractivity contribution in [3.8, 4) is 0 Å². The Morgan fingerprint density at radius 2 is 2.22 bits per heavy atom. The molecule has 1 heterocycles. The first-order valence-electron chi connectivity index (χ1n) is 6.94. The van der Waals surface area contributed by atoms with E-state index in [1.807, 2.05) is 4.68 Å². The summed E-state index contributed by atoms with van der Waals surface area (Å²) in [7, 11) is 0. The fraction of sp³-hybridized carbons (Fsp3) is 0.714. The number of ketones is 1. The molecule has 1 aromatic heterocycles. The molecular formula is C14H23N3O. The number of aromatic nitrogens is 2. The summed E-state index contributed by atoms with van der Waals surface area (Å²) in [5.74, 6) is 0.300. The van der Waals surface area contributed by atoms with E-state index in [-0.39, 0.29) is 5.41 Å². The van der Waals surface area contributed by atoms with Crippen LogP contribution in [0.25, 0.3) is 0 Å². The first-order valence-corrected chi connectivity index (χ1v) is 6.94. The minimum absolute atomic E-state index is 0.227. The predicted octanol–water partition coefficient (Wildman–Crippen LogP) is 1.71. The van der Waals surface area contributed by atoms with Gasteiger partial charge >= 0.3 is 0 Å². The topological polar surface area (TPSA) is 60.9 Å². The molecule has 1 aromatic rings. The van der Waals surface area contributed by atoms with Gasteiger partial charge in [-0.25, -0.2) is 0 Å². The molecule has 1 saturated carbocycles. The largest absolute Gasteiger partial charge is 0.329 e. The van der Waals surface area contributed by atoms with Gasteiger partial charge in [-0.3, -0.25) is 9.48 Å². The molecular weight excluding hydrogens is 226 g/mol. The lowest BCUT2D eigenvalue weighted by Crippen LogP contribution is -2.45. The summed E-state index contributed by atoms with van der Waals surface area (Å²) in [4.78, 5) is 12.4. The van der Waals surface area contributed by atoms with Gasteiger partial charge in [0.15, 0.2) is 0 Å². The van der Waals surface area contributed by atoms with Gasteiger partial charge in [-0.15, -0.1) is 0 Å². The van der Waals surface area contributed by atoms with Crippen LogP contribution in [0.4, 0.5) is 0 Å². The van der Waals surface area contributed by atoms with Crippen LogP contribution in [0.2, 0.25) is 0 Å². The van der Waals surface area contributed by atoms with Crippen LogP contribution >= 0.6 is 0 Å². The van der Waals surface area contributed by atoms with Crippen LogP contribution in [-0.4, -0.2) is 22.1 Å². The fourth-order valence-corrected chi connectivity index (χ4v) is 2.66. The summed E-state index contributed by atoms with van der Waals surface area (Å²) >= 11 is 0. The van der Waals surface area contributed by atoms with E-state index in [4.69, 9.17) is 5.73 Å². The predicted molar refractivity (Wildman–Crippen MR) is 71.3 cm³/mol. The third kappa shape index (κ3) is 2.21. The Morgan fingerprint density at radius 1 is 1.50 bits per heavy atom. The average molecular weight is 249 g/mol. The molecule has 1 aliphatic carbocycles. The van der Waals surface area contributed by atoms with Gasteiger partial charge in [-0.2, -0.15) is 5.10 Å². The van der Waals surface area contributed by atoms with Crippen LogP contribution in [0.1, 0.15) is 44.5 Å². The van der Waals surface area contributed by atoms with Crippen LogP contribution in [0.3, 0.4) is 0 Å². The molecule has 2 N–H and O–H groups in total. The zero-order valence-electron chi connectivity index (χ0n) is 11.4. The van der Waals surface area contributed by atoms with Gasteiger partial charge in [-0.1, -0.05) is 13.3 Å². The number of carbonyl (C=O) groups excluding carboxylic acids is 1. The van der Waals surface area contributed by atoms with Gasteiger partial charge in [-0.05, 0) is 32.3 Å². The Bertz CT molecular complexity index is 427. The smallest absolute Gasteiger partial charge is 0.146 e. The normalized spacial score (nSPS) is 17.5. The number of nitrogens with zero attached hydrogens (tertiary/aromatic N) is 2. The van der Waals surface area contributed by atoms with Crippen molar-refractivity contribution < 1.29 is 4.79 Å². The van der Waals surface area contributed by atoms with Gasteiger partial charge in [0.2, 0.25) is 0 Å². The quantitative estimate of drug-likeness (QED) is 0.835. The van der Waals surface area contributed by atoms with Gasteiger partial charge < -0.3 is 5.73 Å². The number of hydrogen-bond acceptors (Lipinski definition) is 3. The molecule has 0 spiro atoms. The van der Waals surface area contributed by atoms with E-state index in [0.29, 0.717) is 18.7 Å². The molecule has 0 radical (unpaired) electrons. The van der Waals surface area contributed by atoms with Crippen molar-refractivity contribution in [2.24, 2.45) is 11.1 Å². The van der Waals surface area contributed by atoms with Crippen LogP contribution in [-0.2, 0) is 24.2 Å². The molecule has 100 valence electrons. The maximum atomic E-state index is 12.4. The SMILES string of the molecule is CCc1cc(CC(=O)C2(CN)CCC2)n(CC)n1. The molecule has 4 heteroatoms. The Morgan fingerprint density at radius 3 is 2.67 bits per heavy atom. The average Bonchev–Trinajstić information content (AvgIpc) is 2.70. The van der Waals surface area contributed by atoms with Crippen molar-refractivity contribution in [1.82, 2.24) is 9.78 Å². The van der Waals surface area contributed by atoms with Crippen LogP contribution in [0.15, 0.2) is 6.07 Å². The lowest BCUT2D eigenvalue weighted by atomic mass is 9.65. The minimum atomic E-state index is -0.227. The third-order valence-electron chi connectivity index (χ3n) is 4.21. The van der Waals surface area contributed by atoms with Crippen molar-refractivity contribution >= 4 is 5.78 Å². The van der Waals surface area contributed by atoms with E-state index in [1.165, 1.54) is 0 Å². The van der Waals surface area contributed by atoms with Crippen molar-refractivity contribution in [1.29, 1.82) is 0 Å². The fourth-order valence-electron chi connectivity index (χ4n) is 2.66. The van der Waals surface area contributed by atoms with E-state index in [0.717, 1.165) is 43.6 Å². The number of hydrogen-bond donors (Lipinski definition) is 1. The van der Waals surface area contributed by atoms with E-state index in [1.54, 1.807) is 0 Å². The molecule has 0 saturated heterocycles. The summed E-state index contributed by atoms with van der Waals surface area (Å²) in [6, 6.07) is 2.06. The number of rotatable bonds is 6. The van der Waals surface area contributed by atoms with Gasteiger partial charge in [0, 0.05) is 30.6 Å². The molecule has 0 aliphatic heterocycles. The molecule has 4 nitrogen and oxygen atoms in total. The number of carbonyl (C=O) groups is 1. The highest BCUT2D eigenvalue weighted by molar-refractivity contribution is 5.87. The minimum Gasteiger partial charge on any atom is -0.329 e. The number of aryl methyl sites for hydroxylation is 2. The Hall–Kier alpha value is -1.16. The molecule has 0 unspecified atom stereocenters. The zero-order chi connectivity index (χ0) is 13.2. The van der Waals surface area contributed by atoms with Crippen LogP contribution in [0, 0.1) is 5.41 Å². The van der Waals surface area contributed by atoms with Crippen LogP contribution < -0.4 is 5.73 Å². The molecule has 18 heavy (non-hydrogen) atoms.